The molecule has 2 atom stereocenters. The van der Waals surface area contributed by atoms with Crippen LogP contribution in [0, 0.1) is 0 Å². The Labute approximate surface area is 609 Å². The Bertz CT molecular complexity index is 1930. The van der Waals surface area contributed by atoms with Gasteiger partial charge in [0.05, 0.1) is 27.7 Å². The molecule has 0 saturated heterocycles. The normalized spacial score (nSPS) is 13.4. The average molecular weight is 1390 g/mol. The van der Waals surface area contributed by atoms with Crippen LogP contribution in [0.1, 0.15) is 412 Å². The maximum atomic E-state index is 12.9. The first kappa shape index (κ1) is 95.2. The Kier molecular flexibility index (Phi) is 76.1. The molecule has 0 rings (SSSR count). The number of phosphoric acid groups is 1. The number of rotatable bonds is 79. The van der Waals surface area contributed by atoms with Crippen LogP contribution in [-0.2, 0) is 32.7 Å². The molecule has 1 N–H and O–H groups in total. The molecule has 0 spiro atoms. The summed E-state index contributed by atoms with van der Waals surface area (Å²) in [5, 5.41) is 0. The minimum absolute atomic E-state index is 0.0329. The second-order valence-electron chi connectivity index (χ2n) is 29.8. The number of carbonyl (C=O) groups excluding carboxylic acids is 2. The molecule has 0 aliphatic rings. The summed E-state index contributed by atoms with van der Waals surface area (Å²) in [5.41, 5.74) is 0. The van der Waals surface area contributed by atoms with Crippen LogP contribution < -0.4 is 0 Å². The van der Waals surface area contributed by atoms with Gasteiger partial charge in [0.25, 0.3) is 0 Å². The fraction of sp³-hybridized carbons (Fsp3) is 0.818. The molecule has 0 radical (unpaired) electrons. The van der Waals surface area contributed by atoms with Crippen molar-refractivity contribution in [2.75, 3.05) is 47.5 Å². The number of ether oxygens (including phenoxy) is 2. The van der Waals surface area contributed by atoms with Gasteiger partial charge in [-0.05, 0) is 89.9 Å². The van der Waals surface area contributed by atoms with E-state index in [4.69, 9.17) is 18.5 Å². The van der Waals surface area contributed by atoms with Crippen molar-refractivity contribution >= 4 is 19.8 Å². The second-order valence-corrected chi connectivity index (χ2v) is 31.3. The second kappa shape index (κ2) is 78.3. The molecule has 0 heterocycles. The first-order valence-electron chi connectivity index (χ1n) is 42.3. The molecule has 0 saturated carbocycles. The topological polar surface area (TPSA) is 108 Å². The lowest BCUT2D eigenvalue weighted by Gasteiger charge is -2.24. The molecule has 10 heteroatoms. The van der Waals surface area contributed by atoms with Crippen molar-refractivity contribution < 1.29 is 42.1 Å². The van der Waals surface area contributed by atoms with Crippen LogP contribution in [0.5, 0.6) is 0 Å². The first-order chi connectivity index (χ1) is 48.0. The highest BCUT2D eigenvalue weighted by Crippen LogP contribution is 2.43. The number of allylic oxidation sites excluding steroid dienone is 14. The van der Waals surface area contributed by atoms with Crippen LogP contribution in [0.15, 0.2) is 85.1 Å². The third kappa shape index (κ3) is 82.1. The highest BCUT2D eigenvalue weighted by atomic mass is 31.2. The Balaban J connectivity index is 3.89. The number of nitrogens with zero attached hydrogens (tertiary/aromatic N) is 1. The van der Waals surface area contributed by atoms with Crippen LogP contribution in [0.2, 0.25) is 0 Å². The molecule has 0 aromatic heterocycles. The number of phosphoric ester groups is 1. The van der Waals surface area contributed by atoms with Crippen molar-refractivity contribution in [3.05, 3.63) is 85.1 Å². The van der Waals surface area contributed by atoms with Crippen molar-refractivity contribution in [1.82, 2.24) is 0 Å². The number of quaternary nitrogens is 1. The summed E-state index contributed by atoms with van der Waals surface area (Å²) < 4.78 is 34.9. The standard InChI is InChI=1S/C88H162NO8P/c1-6-8-10-12-14-16-18-20-22-24-26-28-30-32-34-36-38-40-42-43-44-45-47-48-50-52-54-56-58-60-62-64-66-68-70-72-74-76-78-80-87(90)94-84-86(85-96-98(92,93)95-83-82-89(3,4)5)97-88(91)81-79-77-75-73-71-69-67-65-63-61-59-57-55-53-51-49-46-41-39-37-35-33-31-29-27-25-23-21-19-17-15-13-11-9-7-2/h9,11,15,17-18,20-21,23-24,26-27,29,33,35,86H,6-8,10,12-14,16,19,22,25,28,30-32,34,36-85H2,1-5H3/p+1/b11-9-,17-15-,20-18-,23-21-,26-24-,29-27-,35-33-. The van der Waals surface area contributed by atoms with Crippen LogP contribution in [0.3, 0.4) is 0 Å². The molecular weight excluding hydrogens is 1230 g/mol. The lowest BCUT2D eigenvalue weighted by Crippen LogP contribution is -2.37. The molecule has 0 amide bonds. The third-order valence-corrected chi connectivity index (χ3v) is 19.9. The quantitative estimate of drug-likeness (QED) is 0.0211. The van der Waals surface area contributed by atoms with E-state index in [1.54, 1.807) is 0 Å². The number of esters is 2. The smallest absolute Gasteiger partial charge is 0.462 e. The van der Waals surface area contributed by atoms with Gasteiger partial charge in [-0.3, -0.25) is 18.6 Å². The minimum atomic E-state index is -4.40. The largest absolute Gasteiger partial charge is 0.472 e. The molecule has 0 fully saturated rings. The predicted octanol–water partition coefficient (Wildman–Crippen LogP) is 28.4. The van der Waals surface area contributed by atoms with Gasteiger partial charge in [0, 0.05) is 12.8 Å². The molecule has 0 bridgehead atoms. The molecule has 572 valence electrons. The fourth-order valence-electron chi connectivity index (χ4n) is 12.5. The number of hydrogen-bond acceptors (Lipinski definition) is 7. The third-order valence-electron chi connectivity index (χ3n) is 18.9. The van der Waals surface area contributed by atoms with Crippen molar-refractivity contribution in [3.63, 3.8) is 0 Å². The fourth-order valence-corrected chi connectivity index (χ4v) is 13.2. The summed E-state index contributed by atoms with van der Waals surface area (Å²) >= 11 is 0. The van der Waals surface area contributed by atoms with Crippen LogP contribution in [-0.4, -0.2) is 74.9 Å². The summed E-state index contributed by atoms with van der Waals surface area (Å²) in [4.78, 5) is 36.0. The number of carbonyl (C=O) groups is 2. The predicted molar refractivity (Wildman–Crippen MR) is 427 cm³/mol. The summed E-state index contributed by atoms with van der Waals surface area (Å²) in [6, 6.07) is 0. The van der Waals surface area contributed by atoms with Crippen LogP contribution in [0.4, 0.5) is 0 Å². The van der Waals surface area contributed by atoms with E-state index in [9.17, 15) is 19.0 Å². The van der Waals surface area contributed by atoms with Gasteiger partial charge in [-0.25, -0.2) is 4.57 Å². The highest BCUT2D eigenvalue weighted by molar-refractivity contribution is 7.47. The molecule has 2 unspecified atom stereocenters. The van der Waals surface area contributed by atoms with Gasteiger partial charge in [0.15, 0.2) is 6.10 Å². The van der Waals surface area contributed by atoms with Crippen LogP contribution >= 0.6 is 7.82 Å². The molecule has 0 aliphatic heterocycles. The SMILES string of the molecule is CC/C=C\C/C=C\C/C=C\C/C=C\C/C=C\CCCCCCCCCCCCCCCCCCCCCC(=O)OC(COC(=O)CCCCCCCCCCCCCCCCCCCCCCCCCCCCC/C=C\C/C=C\CCCCCCC)COP(=O)(O)OCC[N+](C)(C)C. The van der Waals surface area contributed by atoms with E-state index >= 15 is 0 Å². The summed E-state index contributed by atoms with van der Waals surface area (Å²) in [6.45, 7) is 4.37. The molecule has 0 aromatic carbocycles. The first-order valence-corrected chi connectivity index (χ1v) is 43.8. The molecule has 98 heavy (non-hydrogen) atoms. The average Bonchev–Trinajstić information content (AvgIpc) is 1.08. The van der Waals surface area contributed by atoms with Gasteiger partial charge < -0.3 is 18.9 Å². The van der Waals surface area contributed by atoms with Gasteiger partial charge in [-0.2, -0.15) is 0 Å². The number of hydrogen-bond donors (Lipinski definition) is 1. The molecule has 0 aliphatic carbocycles. The Morgan fingerprint density at radius 3 is 0.867 bits per heavy atom. The number of unbranched alkanes of at least 4 members (excludes halogenated alkanes) is 51. The monoisotopic (exact) mass is 1390 g/mol. The van der Waals surface area contributed by atoms with E-state index < -0.39 is 26.5 Å². The molecule has 9 nitrogen and oxygen atoms in total. The van der Waals surface area contributed by atoms with E-state index in [0.717, 1.165) is 70.6 Å². The maximum absolute atomic E-state index is 12.9. The molecular formula is C88H163NO8P+. The zero-order valence-electron chi connectivity index (χ0n) is 65.5. The van der Waals surface area contributed by atoms with Crippen molar-refractivity contribution in [2.45, 2.75) is 418 Å². The van der Waals surface area contributed by atoms with Gasteiger partial charge in [0.2, 0.25) is 0 Å². The lowest BCUT2D eigenvalue weighted by molar-refractivity contribution is -0.870. The van der Waals surface area contributed by atoms with E-state index in [-0.39, 0.29) is 25.6 Å². The Morgan fingerprint density at radius 2 is 0.582 bits per heavy atom. The summed E-state index contributed by atoms with van der Waals surface area (Å²) in [6.07, 6.45) is 109. The van der Waals surface area contributed by atoms with Gasteiger partial charge >= 0.3 is 19.8 Å². The van der Waals surface area contributed by atoms with E-state index in [2.05, 4.69) is 98.9 Å². The van der Waals surface area contributed by atoms with E-state index in [1.807, 2.05) is 21.1 Å². The zero-order valence-corrected chi connectivity index (χ0v) is 66.4. The minimum Gasteiger partial charge on any atom is -0.462 e. The summed E-state index contributed by atoms with van der Waals surface area (Å²) in [7, 11) is 1.50. The lowest BCUT2D eigenvalue weighted by atomic mass is 10.0. The van der Waals surface area contributed by atoms with Gasteiger partial charge in [0.1, 0.15) is 19.8 Å². The maximum Gasteiger partial charge on any atom is 0.472 e. The van der Waals surface area contributed by atoms with Crippen molar-refractivity contribution in [3.8, 4) is 0 Å². The van der Waals surface area contributed by atoms with Gasteiger partial charge in [-0.1, -0.05) is 394 Å². The molecule has 0 aromatic rings. The van der Waals surface area contributed by atoms with Crippen molar-refractivity contribution in [1.29, 1.82) is 0 Å². The Hall–Kier alpha value is -2.81. The Morgan fingerprint density at radius 1 is 0.327 bits per heavy atom. The van der Waals surface area contributed by atoms with E-state index in [0.29, 0.717) is 23.9 Å². The van der Waals surface area contributed by atoms with E-state index in [1.165, 1.54) is 308 Å². The zero-order chi connectivity index (χ0) is 71.1. The summed E-state index contributed by atoms with van der Waals surface area (Å²) in [5.74, 6) is -0.776. The number of likely N-dealkylation sites (N-methyl/N-ethyl adjacent to an activating group) is 1. The van der Waals surface area contributed by atoms with Gasteiger partial charge in [-0.15, -0.1) is 0 Å². The van der Waals surface area contributed by atoms with Crippen molar-refractivity contribution in [2.24, 2.45) is 0 Å². The highest BCUT2D eigenvalue weighted by Gasteiger charge is 2.27. The van der Waals surface area contributed by atoms with Crippen LogP contribution in [0.25, 0.3) is 0 Å².